The minimum Gasteiger partial charge on any atom is -0.484 e. The van der Waals surface area contributed by atoms with Gasteiger partial charge in [0.05, 0.1) is 11.5 Å². The Morgan fingerprint density at radius 3 is 2.61 bits per heavy atom. The van der Waals surface area contributed by atoms with Crippen molar-refractivity contribution in [3.05, 3.63) is 65.0 Å². The third-order valence-electron chi connectivity index (χ3n) is 5.05. The summed E-state index contributed by atoms with van der Waals surface area (Å²) in [7, 11) is -3.16. The number of nitrogens with zero attached hydrogens (tertiary/aromatic N) is 1. The Morgan fingerprint density at radius 2 is 1.96 bits per heavy atom. The minimum atomic E-state index is -3.16. The van der Waals surface area contributed by atoms with Crippen LogP contribution < -0.4 is 4.74 Å². The van der Waals surface area contributed by atoms with Crippen LogP contribution in [0.3, 0.4) is 0 Å². The second-order valence-corrected chi connectivity index (χ2v) is 9.47. The first-order valence-corrected chi connectivity index (χ1v) is 11.0. The summed E-state index contributed by atoms with van der Waals surface area (Å²) in [5, 5.41) is 0. The molecule has 0 aromatic heterocycles. The summed E-state index contributed by atoms with van der Waals surface area (Å²) in [5.74, 6) is -0.138. The standard InChI is InChI=1S/C21H24FNO4S/c1-15-6-7-20(10-16(15)2)27-13-21(24)23(19-8-9-28(25,26)14-19)12-17-4-3-5-18(22)11-17/h3-7,10-11,19H,8-9,12-14H2,1-2H3. The van der Waals surface area contributed by atoms with Crippen LogP contribution in [0.4, 0.5) is 4.39 Å². The van der Waals surface area contributed by atoms with Crippen molar-refractivity contribution in [2.24, 2.45) is 0 Å². The van der Waals surface area contributed by atoms with E-state index in [9.17, 15) is 17.6 Å². The monoisotopic (exact) mass is 405 g/mol. The number of sulfone groups is 1. The average Bonchev–Trinajstić information content (AvgIpc) is 3.00. The molecule has 2 aromatic rings. The van der Waals surface area contributed by atoms with Crippen LogP contribution in [0.1, 0.15) is 23.1 Å². The molecule has 1 saturated heterocycles. The van der Waals surface area contributed by atoms with Gasteiger partial charge in [0, 0.05) is 12.6 Å². The number of ether oxygens (including phenoxy) is 1. The molecule has 0 aliphatic carbocycles. The molecule has 28 heavy (non-hydrogen) atoms. The minimum absolute atomic E-state index is 0.0581. The summed E-state index contributed by atoms with van der Waals surface area (Å²) in [4.78, 5) is 14.4. The van der Waals surface area contributed by atoms with E-state index in [2.05, 4.69) is 0 Å². The van der Waals surface area contributed by atoms with Crippen LogP contribution in [0, 0.1) is 19.7 Å². The van der Waals surface area contributed by atoms with Gasteiger partial charge in [-0.1, -0.05) is 18.2 Å². The van der Waals surface area contributed by atoms with Crippen molar-refractivity contribution in [3.8, 4) is 5.75 Å². The van der Waals surface area contributed by atoms with Gasteiger partial charge in [-0.05, 0) is 61.2 Å². The van der Waals surface area contributed by atoms with E-state index in [4.69, 9.17) is 4.74 Å². The zero-order valence-corrected chi connectivity index (χ0v) is 16.8. The summed E-state index contributed by atoms with van der Waals surface area (Å²) in [6.45, 7) is 3.90. The first-order chi connectivity index (χ1) is 13.2. The van der Waals surface area contributed by atoms with Gasteiger partial charge in [-0.15, -0.1) is 0 Å². The molecule has 5 nitrogen and oxygen atoms in total. The highest BCUT2D eigenvalue weighted by molar-refractivity contribution is 7.91. The fourth-order valence-corrected chi connectivity index (χ4v) is 5.04. The van der Waals surface area contributed by atoms with Gasteiger partial charge < -0.3 is 9.64 Å². The number of hydrogen-bond acceptors (Lipinski definition) is 4. The second kappa shape index (κ2) is 8.31. The number of carbonyl (C=O) groups is 1. The van der Waals surface area contributed by atoms with Gasteiger partial charge in [0.15, 0.2) is 16.4 Å². The normalized spacial score (nSPS) is 18.0. The van der Waals surface area contributed by atoms with Crippen LogP contribution in [-0.2, 0) is 21.2 Å². The SMILES string of the molecule is Cc1ccc(OCC(=O)N(Cc2cccc(F)c2)C2CCS(=O)(=O)C2)cc1C. The van der Waals surface area contributed by atoms with Crippen LogP contribution >= 0.6 is 0 Å². The van der Waals surface area contributed by atoms with Crippen molar-refractivity contribution < 1.29 is 22.3 Å². The Bertz CT molecular complexity index is 974. The number of benzene rings is 2. The van der Waals surface area contributed by atoms with Crippen LogP contribution in [0.15, 0.2) is 42.5 Å². The number of hydrogen-bond donors (Lipinski definition) is 0. The predicted molar refractivity (Wildman–Crippen MR) is 105 cm³/mol. The summed E-state index contributed by atoms with van der Waals surface area (Å²) in [5.41, 5.74) is 2.80. The Labute approximate surface area is 165 Å². The lowest BCUT2D eigenvalue weighted by Gasteiger charge is -2.28. The molecule has 1 unspecified atom stereocenters. The Morgan fingerprint density at radius 1 is 1.18 bits per heavy atom. The molecule has 150 valence electrons. The molecular weight excluding hydrogens is 381 g/mol. The van der Waals surface area contributed by atoms with Crippen molar-refractivity contribution in [2.45, 2.75) is 32.9 Å². The Kier molecular flexibility index (Phi) is 6.03. The van der Waals surface area contributed by atoms with E-state index in [1.165, 1.54) is 17.0 Å². The number of rotatable bonds is 6. The molecule has 0 bridgehead atoms. The van der Waals surface area contributed by atoms with E-state index in [-0.39, 0.29) is 30.6 Å². The maximum absolute atomic E-state index is 13.5. The van der Waals surface area contributed by atoms with Crippen molar-refractivity contribution >= 4 is 15.7 Å². The molecule has 1 heterocycles. The molecule has 3 rings (SSSR count). The highest BCUT2D eigenvalue weighted by Crippen LogP contribution is 2.22. The fourth-order valence-electron chi connectivity index (χ4n) is 3.31. The van der Waals surface area contributed by atoms with Gasteiger partial charge in [-0.3, -0.25) is 4.79 Å². The molecule has 0 N–H and O–H groups in total. The maximum atomic E-state index is 13.5. The topological polar surface area (TPSA) is 63.7 Å². The lowest BCUT2D eigenvalue weighted by Crippen LogP contribution is -2.43. The number of amides is 1. The molecule has 0 saturated carbocycles. The van der Waals surface area contributed by atoms with Crippen LogP contribution in [-0.4, -0.2) is 43.4 Å². The summed E-state index contributed by atoms with van der Waals surface area (Å²) in [6, 6.07) is 11.1. The number of carbonyl (C=O) groups excluding carboxylic acids is 1. The molecule has 1 fully saturated rings. The molecule has 7 heteroatoms. The number of halogens is 1. The Balaban J connectivity index is 1.75. The molecule has 0 radical (unpaired) electrons. The van der Waals surface area contributed by atoms with E-state index in [1.54, 1.807) is 18.2 Å². The van der Waals surface area contributed by atoms with Gasteiger partial charge in [0.1, 0.15) is 11.6 Å². The van der Waals surface area contributed by atoms with Crippen LogP contribution in [0.5, 0.6) is 5.75 Å². The molecule has 1 atom stereocenters. The quantitative estimate of drug-likeness (QED) is 0.741. The molecule has 0 spiro atoms. The van der Waals surface area contributed by atoms with Gasteiger partial charge >= 0.3 is 0 Å². The highest BCUT2D eigenvalue weighted by Gasteiger charge is 2.34. The third kappa shape index (κ3) is 5.10. The largest absolute Gasteiger partial charge is 0.484 e. The van der Waals surface area contributed by atoms with E-state index < -0.39 is 21.7 Å². The maximum Gasteiger partial charge on any atom is 0.261 e. The molecule has 1 aliphatic rings. The van der Waals surface area contributed by atoms with E-state index in [0.717, 1.165) is 11.1 Å². The smallest absolute Gasteiger partial charge is 0.261 e. The lowest BCUT2D eigenvalue weighted by atomic mass is 10.1. The zero-order chi connectivity index (χ0) is 20.3. The Hall–Kier alpha value is -2.41. The first-order valence-electron chi connectivity index (χ1n) is 9.18. The van der Waals surface area contributed by atoms with E-state index >= 15 is 0 Å². The first kappa shape index (κ1) is 20.3. The molecule has 1 amide bonds. The summed E-state index contributed by atoms with van der Waals surface area (Å²) >= 11 is 0. The van der Waals surface area contributed by atoms with Crippen molar-refractivity contribution in [2.75, 3.05) is 18.1 Å². The second-order valence-electron chi connectivity index (χ2n) is 7.24. The lowest BCUT2D eigenvalue weighted by molar-refractivity contribution is -0.136. The highest BCUT2D eigenvalue weighted by atomic mass is 32.2. The molecule has 1 aliphatic heterocycles. The van der Waals surface area contributed by atoms with Gasteiger partial charge in [0.2, 0.25) is 0 Å². The van der Waals surface area contributed by atoms with E-state index in [1.807, 2.05) is 26.0 Å². The van der Waals surface area contributed by atoms with Gasteiger partial charge in [-0.2, -0.15) is 0 Å². The van der Waals surface area contributed by atoms with Crippen LogP contribution in [0.25, 0.3) is 0 Å². The summed E-state index contributed by atoms with van der Waals surface area (Å²) < 4.78 is 43.0. The van der Waals surface area contributed by atoms with Crippen molar-refractivity contribution in [3.63, 3.8) is 0 Å². The van der Waals surface area contributed by atoms with Crippen LogP contribution in [0.2, 0.25) is 0 Å². The van der Waals surface area contributed by atoms with Crippen molar-refractivity contribution in [1.82, 2.24) is 4.90 Å². The molecule has 2 aromatic carbocycles. The predicted octanol–water partition coefficient (Wildman–Crippen LogP) is 3.04. The molecular formula is C21H24FNO4S. The fraction of sp³-hybridized carbons (Fsp3) is 0.381. The third-order valence-corrected chi connectivity index (χ3v) is 6.80. The number of aryl methyl sites for hydroxylation is 2. The van der Waals surface area contributed by atoms with Crippen molar-refractivity contribution in [1.29, 1.82) is 0 Å². The van der Waals surface area contributed by atoms with Gasteiger partial charge in [0.25, 0.3) is 5.91 Å². The zero-order valence-electron chi connectivity index (χ0n) is 16.0. The average molecular weight is 405 g/mol. The summed E-state index contributed by atoms with van der Waals surface area (Å²) in [6.07, 6.45) is 0.382. The van der Waals surface area contributed by atoms with E-state index in [0.29, 0.717) is 17.7 Å². The van der Waals surface area contributed by atoms with Gasteiger partial charge in [-0.25, -0.2) is 12.8 Å².